The summed E-state index contributed by atoms with van der Waals surface area (Å²) < 4.78 is 1.14. The number of rotatable bonds is 5. The fraction of sp³-hybridized carbons (Fsp3) is 0.385. The van der Waals surface area contributed by atoms with Crippen LogP contribution in [-0.2, 0) is 6.54 Å². The van der Waals surface area contributed by atoms with Crippen LogP contribution in [0.4, 0.5) is 11.6 Å². The molecule has 0 saturated heterocycles. The number of hydrogen-bond donors (Lipinski definition) is 2. The number of halogens is 1. The number of aromatic nitrogens is 2. The minimum absolute atomic E-state index is 0.308. The van der Waals surface area contributed by atoms with E-state index in [0.29, 0.717) is 5.92 Å². The molecule has 0 atom stereocenters. The summed E-state index contributed by atoms with van der Waals surface area (Å²) in [7, 11) is 1.87. The van der Waals surface area contributed by atoms with Gasteiger partial charge in [-0.1, -0.05) is 13.8 Å². The van der Waals surface area contributed by atoms with Crippen LogP contribution in [0.5, 0.6) is 0 Å². The second kappa shape index (κ2) is 6.34. The van der Waals surface area contributed by atoms with Crippen molar-refractivity contribution in [2.75, 3.05) is 17.7 Å². The minimum atomic E-state index is 0.308. The zero-order chi connectivity index (χ0) is 13.8. The van der Waals surface area contributed by atoms with E-state index in [0.717, 1.165) is 28.5 Å². The normalized spacial score (nSPS) is 10.8. The molecule has 102 valence electrons. The van der Waals surface area contributed by atoms with Gasteiger partial charge < -0.3 is 10.6 Å². The maximum Gasteiger partial charge on any atom is 0.135 e. The van der Waals surface area contributed by atoms with Gasteiger partial charge in [-0.25, -0.2) is 9.97 Å². The molecule has 0 bridgehead atoms. The van der Waals surface area contributed by atoms with Crippen molar-refractivity contribution in [2.45, 2.75) is 26.3 Å². The Morgan fingerprint density at radius 1 is 1.32 bits per heavy atom. The SMILES string of the molecule is CNc1cc(NCc2sccc2Br)nc(C(C)C)n1. The molecule has 2 aromatic rings. The van der Waals surface area contributed by atoms with Crippen LogP contribution in [0.2, 0.25) is 0 Å². The molecule has 2 aromatic heterocycles. The summed E-state index contributed by atoms with van der Waals surface area (Å²) in [5.74, 6) is 2.84. The Hall–Kier alpha value is -1.14. The van der Waals surface area contributed by atoms with Gasteiger partial charge in [0.05, 0.1) is 6.54 Å². The van der Waals surface area contributed by atoms with Gasteiger partial charge in [0, 0.05) is 28.4 Å². The highest BCUT2D eigenvalue weighted by Gasteiger charge is 2.08. The highest BCUT2D eigenvalue weighted by Crippen LogP contribution is 2.24. The van der Waals surface area contributed by atoms with Crippen molar-refractivity contribution in [3.05, 3.63) is 32.7 Å². The minimum Gasteiger partial charge on any atom is -0.373 e. The second-order valence-electron chi connectivity index (χ2n) is 4.45. The Morgan fingerprint density at radius 3 is 2.63 bits per heavy atom. The van der Waals surface area contributed by atoms with Gasteiger partial charge in [-0.3, -0.25) is 0 Å². The molecule has 0 aliphatic carbocycles. The number of thiophene rings is 1. The van der Waals surface area contributed by atoms with Crippen molar-refractivity contribution in [1.29, 1.82) is 0 Å². The summed E-state index contributed by atoms with van der Waals surface area (Å²) in [6.07, 6.45) is 0. The van der Waals surface area contributed by atoms with Gasteiger partial charge in [-0.2, -0.15) is 0 Å². The van der Waals surface area contributed by atoms with Crippen molar-refractivity contribution < 1.29 is 0 Å². The topological polar surface area (TPSA) is 49.8 Å². The van der Waals surface area contributed by atoms with Gasteiger partial charge in [-0.05, 0) is 27.4 Å². The maximum atomic E-state index is 4.54. The Labute approximate surface area is 125 Å². The molecule has 0 aromatic carbocycles. The first-order valence-corrected chi connectivity index (χ1v) is 7.80. The Morgan fingerprint density at radius 2 is 2.05 bits per heavy atom. The van der Waals surface area contributed by atoms with Crippen LogP contribution in [0, 0.1) is 0 Å². The molecule has 0 saturated carbocycles. The molecular weight excluding hydrogens is 324 g/mol. The summed E-state index contributed by atoms with van der Waals surface area (Å²) in [6.45, 7) is 4.94. The van der Waals surface area contributed by atoms with Crippen molar-refractivity contribution in [3.8, 4) is 0 Å². The summed E-state index contributed by atoms with van der Waals surface area (Å²) in [5, 5.41) is 8.49. The molecule has 19 heavy (non-hydrogen) atoms. The van der Waals surface area contributed by atoms with Gasteiger partial charge in [0.15, 0.2) is 0 Å². The molecule has 2 rings (SSSR count). The molecule has 0 aliphatic heterocycles. The highest BCUT2D eigenvalue weighted by molar-refractivity contribution is 9.10. The summed E-state index contributed by atoms with van der Waals surface area (Å²) >= 11 is 5.25. The van der Waals surface area contributed by atoms with Gasteiger partial charge in [-0.15, -0.1) is 11.3 Å². The van der Waals surface area contributed by atoms with E-state index in [1.165, 1.54) is 4.88 Å². The lowest BCUT2D eigenvalue weighted by Crippen LogP contribution is -2.07. The molecule has 2 heterocycles. The van der Waals surface area contributed by atoms with E-state index < -0.39 is 0 Å². The number of nitrogens with one attached hydrogen (secondary N) is 2. The van der Waals surface area contributed by atoms with Crippen LogP contribution in [0.25, 0.3) is 0 Å². The second-order valence-corrected chi connectivity index (χ2v) is 6.30. The lowest BCUT2D eigenvalue weighted by atomic mass is 10.2. The average Bonchev–Trinajstić information content (AvgIpc) is 2.81. The summed E-state index contributed by atoms with van der Waals surface area (Å²) in [5.41, 5.74) is 0. The molecule has 0 aliphatic rings. The van der Waals surface area contributed by atoms with Crippen molar-refractivity contribution in [1.82, 2.24) is 9.97 Å². The molecule has 4 nitrogen and oxygen atoms in total. The third kappa shape index (κ3) is 3.67. The van der Waals surface area contributed by atoms with Crippen LogP contribution in [-0.4, -0.2) is 17.0 Å². The first kappa shape index (κ1) is 14.3. The molecule has 0 amide bonds. The van der Waals surface area contributed by atoms with E-state index in [1.807, 2.05) is 13.1 Å². The predicted molar refractivity (Wildman–Crippen MR) is 85.0 cm³/mol. The van der Waals surface area contributed by atoms with E-state index in [4.69, 9.17) is 0 Å². The van der Waals surface area contributed by atoms with Crippen molar-refractivity contribution in [3.63, 3.8) is 0 Å². The standard InChI is InChI=1S/C13H17BrN4S/c1-8(2)13-17-11(15-3)6-12(18-13)16-7-10-9(14)4-5-19-10/h4-6,8H,7H2,1-3H3,(H2,15,16,17,18). The quantitative estimate of drug-likeness (QED) is 0.860. The van der Waals surface area contributed by atoms with Crippen LogP contribution in [0.3, 0.4) is 0 Å². The van der Waals surface area contributed by atoms with E-state index in [1.54, 1.807) is 11.3 Å². The molecular formula is C13H17BrN4S. The molecule has 0 radical (unpaired) electrons. The van der Waals surface area contributed by atoms with E-state index in [2.05, 4.69) is 61.8 Å². The van der Waals surface area contributed by atoms with Crippen LogP contribution >= 0.6 is 27.3 Å². The Kier molecular flexibility index (Phi) is 4.76. The van der Waals surface area contributed by atoms with E-state index in [-0.39, 0.29) is 0 Å². The molecule has 0 unspecified atom stereocenters. The monoisotopic (exact) mass is 340 g/mol. The fourth-order valence-electron chi connectivity index (χ4n) is 1.56. The lowest BCUT2D eigenvalue weighted by Gasteiger charge is -2.11. The summed E-state index contributed by atoms with van der Waals surface area (Å²) in [6, 6.07) is 3.98. The first-order valence-electron chi connectivity index (χ1n) is 6.12. The van der Waals surface area contributed by atoms with Gasteiger partial charge in [0.1, 0.15) is 17.5 Å². The van der Waals surface area contributed by atoms with Crippen LogP contribution in [0.1, 0.15) is 30.5 Å². The van der Waals surface area contributed by atoms with Gasteiger partial charge >= 0.3 is 0 Å². The van der Waals surface area contributed by atoms with E-state index in [9.17, 15) is 0 Å². The average molecular weight is 341 g/mol. The third-order valence-corrected chi connectivity index (χ3v) is 4.56. The number of nitrogens with zero attached hydrogens (tertiary/aromatic N) is 2. The number of anilines is 2. The smallest absolute Gasteiger partial charge is 0.135 e. The highest BCUT2D eigenvalue weighted by atomic mass is 79.9. The molecule has 6 heteroatoms. The predicted octanol–water partition coefficient (Wildman–Crippen LogP) is 4.08. The van der Waals surface area contributed by atoms with Crippen molar-refractivity contribution in [2.24, 2.45) is 0 Å². The summed E-state index contributed by atoms with van der Waals surface area (Å²) in [4.78, 5) is 10.2. The Bertz CT molecular complexity index is 553. The Balaban J connectivity index is 2.15. The lowest BCUT2D eigenvalue weighted by molar-refractivity contribution is 0.776. The van der Waals surface area contributed by atoms with Gasteiger partial charge in [0.2, 0.25) is 0 Å². The van der Waals surface area contributed by atoms with Gasteiger partial charge in [0.25, 0.3) is 0 Å². The maximum absolute atomic E-state index is 4.54. The number of hydrogen-bond acceptors (Lipinski definition) is 5. The zero-order valence-electron chi connectivity index (χ0n) is 11.2. The molecule has 0 spiro atoms. The zero-order valence-corrected chi connectivity index (χ0v) is 13.6. The third-order valence-electron chi connectivity index (χ3n) is 2.64. The first-order chi connectivity index (χ1) is 9.10. The van der Waals surface area contributed by atoms with E-state index >= 15 is 0 Å². The van der Waals surface area contributed by atoms with Crippen LogP contribution < -0.4 is 10.6 Å². The largest absolute Gasteiger partial charge is 0.373 e. The molecule has 2 N–H and O–H groups in total. The van der Waals surface area contributed by atoms with Crippen molar-refractivity contribution >= 4 is 38.9 Å². The molecule has 0 fully saturated rings. The van der Waals surface area contributed by atoms with Crippen LogP contribution in [0.15, 0.2) is 22.0 Å². The fourth-order valence-corrected chi connectivity index (χ4v) is 3.00.